The van der Waals surface area contributed by atoms with Gasteiger partial charge in [0.05, 0.1) is 17.2 Å². The number of rotatable bonds is 7. The molecule has 0 bridgehead atoms. The topological polar surface area (TPSA) is 102 Å². The van der Waals surface area contributed by atoms with E-state index in [9.17, 15) is 18.0 Å². The summed E-state index contributed by atoms with van der Waals surface area (Å²) in [5.74, 6) is -1.11. The van der Waals surface area contributed by atoms with Crippen molar-refractivity contribution < 1.29 is 22.7 Å². The van der Waals surface area contributed by atoms with E-state index in [0.29, 0.717) is 0 Å². The lowest BCUT2D eigenvalue weighted by molar-refractivity contribution is -0.141. The molecule has 2 aromatic rings. The molecule has 9 heteroatoms. The molecule has 0 aliphatic heterocycles. The van der Waals surface area contributed by atoms with Gasteiger partial charge in [-0.05, 0) is 30.5 Å². The van der Waals surface area contributed by atoms with Gasteiger partial charge in [0.2, 0.25) is 0 Å². The second kappa shape index (κ2) is 7.93. The molecule has 2 N–H and O–H groups in total. The Hall–Kier alpha value is -2.39. The largest absolute Gasteiger partial charge is 0.465 e. The number of esters is 1. The molecule has 0 aliphatic rings. The van der Waals surface area contributed by atoms with Crippen LogP contribution in [0.3, 0.4) is 0 Å². The normalized spacial score (nSPS) is 10.9. The fourth-order valence-corrected chi connectivity index (χ4v) is 3.74. The van der Waals surface area contributed by atoms with Crippen LogP contribution in [-0.2, 0) is 19.6 Å². The van der Waals surface area contributed by atoms with Crippen LogP contribution in [-0.4, -0.2) is 33.4 Å². The van der Waals surface area contributed by atoms with E-state index in [0.717, 1.165) is 11.3 Å². The van der Waals surface area contributed by atoms with Gasteiger partial charge in [-0.1, -0.05) is 18.2 Å². The lowest BCUT2D eigenvalue weighted by atomic mass is 10.4. The molecule has 0 aliphatic carbocycles. The molecule has 1 aromatic heterocycles. The second-order valence-corrected chi connectivity index (χ2v) is 7.17. The fraction of sp³-hybridized carbons (Fsp3) is 0.200. The predicted molar refractivity (Wildman–Crippen MR) is 90.5 cm³/mol. The van der Waals surface area contributed by atoms with E-state index >= 15 is 0 Å². The maximum absolute atomic E-state index is 12.3. The molecule has 0 fully saturated rings. The monoisotopic (exact) mass is 368 g/mol. The molecule has 128 valence electrons. The number of carbonyl (C=O) groups excluding carboxylic acids is 2. The first-order chi connectivity index (χ1) is 11.4. The summed E-state index contributed by atoms with van der Waals surface area (Å²) in [6.45, 7) is 1.60. The molecule has 7 nitrogen and oxygen atoms in total. The maximum Gasteiger partial charge on any atom is 0.325 e. The number of hydrogen-bond donors (Lipinski definition) is 2. The van der Waals surface area contributed by atoms with E-state index in [2.05, 4.69) is 10.0 Å². The van der Waals surface area contributed by atoms with Crippen LogP contribution < -0.4 is 10.0 Å². The molecule has 0 radical (unpaired) electrons. The van der Waals surface area contributed by atoms with Gasteiger partial charge >= 0.3 is 5.97 Å². The summed E-state index contributed by atoms with van der Waals surface area (Å²) >= 11 is 1.07. The molecular formula is C15H16N2O5S2. The van der Waals surface area contributed by atoms with Crippen molar-refractivity contribution in [1.82, 2.24) is 5.32 Å². The first-order valence-electron chi connectivity index (χ1n) is 7.03. The van der Waals surface area contributed by atoms with Crippen LogP contribution in [0, 0.1) is 0 Å². The van der Waals surface area contributed by atoms with Crippen LogP contribution >= 0.6 is 11.3 Å². The standard InChI is InChI=1S/C15H16N2O5S2/c1-2-22-13(18)10-16-15(19)14-12(8-9-23-14)17-24(20,21)11-6-4-3-5-7-11/h3-9,17H,2,10H2,1H3,(H,16,19). The molecule has 0 saturated heterocycles. The van der Waals surface area contributed by atoms with Crippen molar-refractivity contribution in [3.8, 4) is 0 Å². The smallest absolute Gasteiger partial charge is 0.325 e. The van der Waals surface area contributed by atoms with Gasteiger partial charge in [-0.2, -0.15) is 0 Å². The van der Waals surface area contributed by atoms with Crippen molar-refractivity contribution in [1.29, 1.82) is 0 Å². The lowest BCUT2D eigenvalue weighted by Gasteiger charge is -2.09. The molecule has 0 unspecified atom stereocenters. The van der Waals surface area contributed by atoms with Crippen molar-refractivity contribution >= 4 is 38.9 Å². The Bertz CT molecular complexity index is 815. The molecule has 24 heavy (non-hydrogen) atoms. The minimum absolute atomic E-state index is 0.0917. The zero-order valence-corrected chi connectivity index (χ0v) is 14.4. The SMILES string of the molecule is CCOC(=O)CNC(=O)c1sccc1NS(=O)(=O)c1ccccc1. The summed E-state index contributed by atoms with van der Waals surface area (Å²) in [4.78, 5) is 23.6. The van der Waals surface area contributed by atoms with Gasteiger partial charge in [-0.15, -0.1) is 11.3 Å². The summed E-state index contributed by atoms with van der Waals surface area (Å²) in [5, 5.41) is 3.98. The van der Waals surface area contributed by atoms with Crippen LogP contribution in [0.4, 0.5) is 5.69 Å². The van der Waals surface area contributed by atoms with E-state index in [-0.39, 0.29) is 28.6 Å². The van der Waals surface area contributed by atoms with E-state index in [1.165, 1.54) is 18.2 Å². The van der Waals surface area contributed by atoms with Crippen molar-refractivity contribution in [2.24, 2.45) is 0 Å². The van der Waals surface area contributed by atoms with E-state index in [1.54, 1.807) is 30.5 Å². The molecule has 0 spiro atoms. The minimum Gasteiger partial charge on any atom is -0.465 e. The van der Waals surface area contributed by atoms with Crippen LogP contribution in [0.15, 0.2) is 46.7 Å². The van der Waals surface area contributed by atoms with Crippen molar-refractivity contribution in [3.05, 3.63) is 46.7 Å². The number of thiophene rings is 1. The van der Waals surface area contributed by atoms with Gasteiger partial charge in [0, 0.05) is 0 Å². The fourth-order valence-electron chi connectivity index (χ4n) is 1.81. The lowest BCUT2D eigenvalue weighted by Crippen LogP contribution is -2.30. The zero-order valence-electron chi connectivity index (χ0n) is 12.8. The summed E-state index contributed by atoms with van der Waals surface area (Å²) in [7, 11) is -3.79. The van der Waals surface area contributed by atoms with Gasteiger partial charge < -0.3 is 10.1 Å². The van der Waals surface area contributed by atoms with Gasteiger partial charge in [0.1, 0.15) is 11.4 Å². The first kappa shape index (κ1) is 18.0. The van der Waals surface area contributed by atoms with Gasteiger partial charge in [0.25, 0.3) is 15.9 Å². The second-order valence-electron chi connectivity index (χ2n) is 4.57. The number of anilines is 1. The predicted octanol–water partition coefficient (Wildman–Crippen LogP) is 1.84. The van der Waals surface area contributed by atoms with Gasteiger partial charge in [0.15, 0.2) is 0 Å². The number of ether oxygens (including phenoxy) is 1. The van der Waals surface area contributed by atoms with Crippen LogP contribution in [0.25, 0.3) is 0 Å². The van der Waals surface area contributed by atoms with Crippen LogP contribution in [0.2, 0.25) is 0 Å². The number of nitrogens with one attached hydrogen (secondary N) is 2. The van der Waals surface area contributed by atoms with E-state index in [1.807, 2.05) is 0 Å². The highest BCUT2D eigenvalue weighted by molar-refractivity contribution is 7.92. The summed E-state index contributed by atoms with van der Waals surface area (Å²) in [5.41, 5.74) is 0.158. The minimum atomic E-state index is -3.79. The Morgan fingerprint density at radius 2 is 1.88 bits per heavy atom. The van der Waals surface area contributed by atoms with Crippen molar-refractivity contribution in [2.45, 2.75) is 11.8 Å². The highest BCUT2D eigenvalue weighted by Gasteiger charge is 2.20. The van der Waals surface area contributed by atoms with Crippen LogP contribution in [0.5, 0.6) is 0 Å². The molecule has 1 heterocycles. The van der Waals surface area contributed by atoms with Crippen LogP contribution in [0.1, 0.15) is 16.6 Å². The molecular weight excluding hydrogens is 352 g/mol. The Kier molecular flexibility index (Phi) is 5.93. The summed E-state index contributed by atoms with van der Waals surface area (Å²) < 4.78 is 31.7. The number of sulfonamides is 1. The van der Waals surface area contributed by atoms with Crippen molar-refractivity contribution in [2.75, 3.05) is 17.9 Å². The zero-order chi connectivity index (χ0) is 17.6. The third-order valence-electron chi connectivity index (χ3n) is 2.87. The molecule has 1 aromatic carbocycles. The number of amides is 1. The Morgan fingerprint density at radius 3 is 2.54 bits per heavy atom. The highest BCUT2D eigenvalue weighted by Crippen LogP contribution is 2.25. The Morgan fingerprint density at radius 1 is 1.17 bits per heavy atom. The number of benzene rings is 1. The Labute approximate surface area is 143 Å². The van der Waals surface area contributed by atoms with Gasteiger partial charge in [-0.3, -0.25) is 14.3 Å². The molecule has 1 amide bonds. The van der Waals surface area contributed by atoms with E-state index in [4.69, 9.17) is 4.74 Å². The first-order valence-corrected chi connectivity index (χ1v) is 9.39. The number of hydrogen-bond acceptors (Lipinski definition) is 6. The molecule has 2 rings (SSSR count). The highest BCUT2D eigenvalue weighted by atomic mass is 32.2. The van der Waals surface area contributed by atoms with Gasteiger partial charge in [-0.25, -0.2) is 8.42 Å². The van der Waals surface area contributed by atoms with Crippen molar-refractivity contribution in [3.63, 3.8) is 0 Å². The third-order valence-corrected chi connectivity index (χ3v) is 5.16. The third kappa shape index (κ3) is 4.56. The number of carbonyl (C=O) groups is 2. The average Bonchev–Trinajstić information content (AvgIpc) is 3.01. The molecule has 0 saturated carbocycles. The maximum atomic E-state index is 12.3. The van der Waals surface area contributed by atoms with E-state index < -0.39 is 21.9 Å². The molecule has 0 atom stereocenters. The summed E-state index contributed by atoms with van der Waals surface area (Å²) in [6.07, 6.45) is 0. The quantitative estimate of drug-likeness (QED) is 0.726. The average molecular weight is 368 g/mol. The summed E-state index contributed by atoms with van der Waals surface area (Å²) in [6, 6.07) is 9.32. The Balaban J connectivity index is 2.10.